The Morgan fingerprint density at radius 3 is 2.71 bits per heavy atom. The lowest BCUT2D eigenvalue weighted by Crippen LogP contribution is -2.41. The number of ether oxygens (including phenoxy) is 2. The van der Waals surface area contributed by atoms with Crippen molar-refractivity contribution in [1.82, 2.24) is 10.6 Å². The quantitative estimate of drug-likeness (QED) is 0.359. The van der Waals surface area contributed by atoms with Crippen LogP contribution in [-0.4, -0.2) is 33.3 Å². The van der Waals surface area contributed by atoms with Gasteiger partial charge < -0.3 is 20.1 Å². The number of hydrogen-bond acceptors (Lipinski definition) is 3. The molecule has 2 N–H and O–H groups in total. The molecule has 6 heteroatoms. The summed E-state index contributed by atoms with van der Waals surface area (Å²) in [5, 5.41) is 6.84. The zero-order chi connectivity index (χ0) is 18.9. The van der Waals surface area contributed by atoms with Gasteiger partial charge in [-0.05, 0) is 36.1 Å². The van der Waals surface area contributed by atoms with Crippen LogP contribution >= 0.6 is 24.0 Å². The molecule has 0 saturated carbocycles. The molecule has 0 radical (unpaired) electrons. The van der Waals surface area contributed by atoms with Crippen molar-refractivity contribution in [3.8, 4) is 5.75 Å². The molecule has 1 saturated heterocycles. The number of nitrogens with one attached hydrogen (secondary N) is 2. The molecule has 2 atom stereocenters. The Morgan fingerprint density at radius 2 is 1.96 bits per heavy atom. The topological polar surface area (TPSA) is 54.9 Å². The molecule has 28 heavy (non-hydrogen) atoms. The van der Waals surface area contributed by atoms with E-state index in [0.717, 1.165) is 43.3 Å². The third-order valence-corrected chi connectivity index (χ3v) is 4.92. The maximum absolute atomic E-state index is 6.08. The summed E-state index contributed by atoms with van der Waals surface area (Å²) in [4.78, 5) is 4.35. The number of benzene rings is 2. The van der Waals surface area contributed by atoms with Crippen LogP contribution in [0.4, 0.5) is 0 Å². The van der Waals surface area contributed by atoms with Crippen LogP contribution < -0.4 is 15.4 Å². The van der Waals surface area contributed by atoms with E-state index in [-0.39, 0.29) is 30.1 Å². The van der Waals surface area contributed by atoms with Crippen LogP contribution in [-0.2, 0) is 11.3 Å². The summed E-state index contributed by atoms with van der Waals surface area (Å²) in [6.07, 6.45) is 2.40. The fraction of sp³-hybridized carbons (Fsp3) is 0.409. The first-order chi connectivity index (χ1) is 13.3. The van der Waals surface area contributed by atoms with Crippen LogP contribution in [0.3, 0.4) is 0 Å². The van der Waals surface area contributed by atoms with E-state index in [9.17, 15) is 0 Å². The highest BCUT2D eigenvalue weighted by Crippen LogP contribution is 2.33. The average molecular weight is 495 g/mol. The lowest BCUT2D eigenvalue weighted by atomic mass is 9.89. The smallest absolute Gasteiger partial charge is 0.191 e. The van der Waals surface area contributed by atoms with Gasteiger partial charge in [0, 0.05) is 32.7 Å². The molecule has 152 valence electrons. The number of halogens is 1. The highest BCUT2D eigenvalue weighted by Gasteiger charge is 2.27. The van der Waals surface area contributed by atoms with Gasteiger partial charge in [0.05, 0.1) is 13.2 Å². The second kappa shape index (κ2) is 11.9. The first-order valence-corrected chi connectivity index (χ1v) is 9.54. The van der Waals surface area contributed by atoms with E-state index < -0.39 is 0 Å². The fourth-order valence-corrected chi connectivity index (χ4v) is 3.48. The summed E-state index contributed by atoms with van der Waals surface area (Å²) in [6.45, 7) is 2.36. The highest BCUT2D eigenvalue weighted by atomic mass is 127. The van der Waals surface area contributed by atoms with Crippen LogP contribution in [0.2, 0.25) is 0 Å². The minimum Gasteiger partial charge on any atom is -0.497 e. The molecule has 2 aromatic carbocycles. The molecule has 2 aromatic rings. The van der Waals surface area contributed by atoms with Gasteiger partial charge in [-0.1, -0.05) is 42.5 Å². The summed E-state index contributed by atoms with van der Waals surface area (Å²) in [5.74, 6) is 2.09. The molecule has 3 rings (SSSR count). The van der Waals surface area contributed by atoms with Gasteiger partial charge in [-0.15, -0.1) is 24.0 Å². The van der Waals surface area contributed by atoms with Crippen molar-refractivity contribution >= 4 is 29.9 Å². The lowest BCUT2D eigenvalue weighted by Gasteiger charge is -2.32. The van der Waals surface area contributed by atoms with Gasteiger partial charge in [-0.2, -0.15) is 0 Å². The van der Waals surface area contributed by atoms with Crippen LogP contribution in [0.15, 0.2) is 59.6 Å². The van der Waals surface area contributed by atoms with Gasteiger partial charge in [0.1, 0.15) is 5.75 Å². The Balaban J connectivity index is 0.00000280. The summed E-state index contributed by atoms with van der Waals surface area (Å²) >= 11 is 0. The minimum absolute atomic E-state index is 0. The van der Waals surface area contributed by atoms with E-state index in [1.165, 1.54) is 5.56 Å². The maximum atomic E-state index is 6.08. The molecular formula is C22H30IN3O2. The molecule has 0 aliphatic carbocycles. The number of nitrogens with zero attached hydrogens (tertiary/aromatic N) is 1. The molecule has 5 nitrogen and oxygen atoms in total. The molecule has 1 heterocycles. The second-order valence-electron chi connectivity index (χ2n) is 6.76. The van der Waals surface area contributed by atoms with Crippen molar-refractivity contribution in [3.05, 3.63) is 65.7 Å². The Hall–Kier alpha value is -1.80. The second-order valence-corrected chi connectivity index (χ2v) is 6.76. The Labute approximate surface area is 184 Å². The molecule has 0 spiro atoms. The first-order valence-electron chi connectivity index (χ1n) is 9.54. The summed E-state index contributed by atoms with van der Waals surface area (Å²) in [7, 11) is 3.48. The van der Waals surface area contributed by atoms with E-state index in [2.05, 4.69) is 46.0 Å². The van der Waals surface area contributed by atoms with E-state index in [4.69, 9.17) is 9.47 Å². The van der Waals surface area contributed by atoms with Crippen molar-refractivity contribution in [2.45, 2.75) is 25.5 Å². The van der Waals surface area contributed by atoms with Crippen LogP contribution in [0.25, 0.3) is 0 Å². The minimum atomic E-state index is 0. The molecule has 0 amide bonds. The molecule has 1 aliphatic rings. The van der Waals surface area contributed by atoms with Crippen molar-refractivity contribution in [2.75, 3.05) is 27.3 Å². The Bertz CT molecular complexity index is 740. The third-order valence-electron chi connectivity index (χ3n) is 4.92. The van der Waals surface area contributed by atoms with Gasteiger partial charge in [0.2, 0.25) is 0 Å². The Kier molecular flexibility index (Phi) is 9.57. The predicted octanol–water partition coefficient (Wildman–Crippen LogP) is 4.15. The van der Waals surface area contributed by atoms with E-state index in [1.807, 2.05) is 24.3 Å². The van der Waals surface area contributed by atoms with Gasteiger partial charge >= 0.3 is 0 Å². The zero-order valence-corrected chi connectivity index (χ0v) is 18.9. The number of hydrogen-bond donors (Lipinski definition) is 2. The standard InChI is InChI=1S/C22H29N3O2.HI/c1-23-22(24-15-17-8-6-12-20(14-17)26-2)25-16-19-11-7-13-27-21(19)18-9-4-3-5-10-18;/h3-6,8-10,12,14,19,21H,7,11,13,15-16H2,1-2H3,(H2,23,24,25);1H. The lowest BCUT2D eigenvalue weighted by molar-refractivity contribution is -0.0265. The summed E-state index contributed by atoms with van der Waals surface area (Å²) in [6, 6.07) is 18.5. The molecule has 0 aromatic heterocycles. The van der Waals surface area contributed by atoms with Crippen molar-refractivity contribution < 1.29 is 9.47 Å². The van der Waals surface area contributed by atoms with Crippen molar-refractivity contribution in [3.63, 3.8) is 0 Å². The van der Waals surface area contributed by atoms with Gasteiger partial charge in [-0.3, -0.25) is 4.99 Å². The SMILES string of the molecule is CN=C(NCc1cccc(OC)c1)NCC1CCCOC1c1ccccc1.I. The number of methoxy groups -OCH3 is 1. The summed E-state index contributed by atoms with van der Waals surface area (Å²) in [5.41, 5.74) is 2.41. The average Bonchev–Trinajstić information content (AvgIpc) is 2.75. The summed E-state index contributed by atoms with van der Waals surface area (Å²) < 4.78 is 11.4. The number of guanidine groups is 1. The maximum Gasteiger partial charge on any atom is 0.191 e. The third kappa shape index (κ3) is 6.38. The first kappa shape index (κ1) is 22.5. The number of aliphatic imine (C=N–C) groups is 1. The van der Waals surface area contributed by atoms with E-state index in [0.29, 0.717) is 12.5 Å². The largest absolute Gasteiger partial charge is 0.497 e. The van der Waals surface area contributed by atoms with E-state index in [1.54, 1.807) is 14.2 Å². The number of rotatable bonds is 6. The normalized spacial score (nSPS) is 19.4. The monoisotopic (exact) mass is 495 g/mol. The van der Waals surface area contributed by atoms with Crippen molar-refractivity contribution in [1.29, 1.82) is 0 Å². The van der Waals surface area contributed by atoms with Crippen LogP contribution in [0, 0.1) is 5.92 Å². The van der Waals surface area contributed by atoms with Crippen LogP contribution in [0.5, 0.6) is 5.75 Å². The van der Waals surface area contributed by atoms with Gasteiger partial charge in [0.15, 0.2) is 5.96 Å². The molecule has 1 aliphatic heterocycles. The molecular weight excluding hydrogens is 465 g/mol. The molecule has 0 bridgehead atoms. The van der Waals surface area contributed by atoms with E-state index >= 15 is 0 Å². The van der Waals surface area contributed by atoms with Gasteiger partial charge in [-0.25, -0.2) is 0 Å². The molecule has 1 fully saturated rings. The van der Waals surface area contributed by atoms with Crippen molar-refractivity contribution in [2.24, 2.45) is 10.9 Å². The highest BCUT2D eigenvalue weighted by molar-refractivity contribution is 14.0. The Morgan fingerprint density at radius 1 is 1.14 bits per heavy atom. The van der Waals surface area contributed by atoms with Crippen LogP contribution in [0.1, 0.15) is 30.1 Å². The zero-order valence-electron chi connectivity index (χ0n) is 16.6. The predicted molar refractivity (Wildman–Crippen MR) is 124 cm³/mol. The molecule has 2 unspecified atom stereocenters. The van der Waals surface area contributed by atoms with Gasteiger partial charge in [0.25, 0.3) is 0 Å². The fourth-order valence-electron chi connectivity index (χ4n) is 3.48.